The van der Waals surface area contributed by atoms with Crippen LogP contribution in [0.3, 0.4) is 0 Å². The lowest BCUT2D eigenvalue weighted by atomic mass is 10.3. The second-order valence-electron chi connectivity index (χ2n) is 4.50. The van der Waals surface area contributed by atoms with Gasteiger partial charge < -0.3 is 15.4 Å². The van der Waals surface area contributed by atoms with Crippen molar-refractivity contribution >= 4 is 29.4 Å². The Morgan fingerprint density at radius 2 is 2.14 bits per heavy atom. The molecule has 1 atom stereocenters. The lowest BCUT2D eigenvalue weighted by Gasteiger charge is -2.13. The van der Waals surface area contributed by atoms with E-state index in [2.05, 4.69) is 15.6 Å². The first kappa shape index (κ1) is 17.9. The van der Waals surface area contributed by atoms with E-state index in [4.69, 9.17) is 16.3 Å². The van der Waals surface area contributed by atoms with E-state index in [1.54, 1.807) is 6.92 Å². The first-order valence-electron chi connectivity index (χ1n) is 6.80. The van der Waals surface area contributed by atoms with Gasteiger partial charge >= 0.3 is 5.97 Å². The fourth-order valence-electron chi connectivity index (χ4n) is 1.50. The fraction of sp³-hybridized carbons (Fsp3) is 0.429. The largest absolute Gasteiger partial charge is 0.452 e. The van der Waals surface area contributed by atoms with Crippen molar-refractivity contribution < 1.29 is 19.1 Å². The van der Waals surface area contributed by atoms with Crippen molar-refractivity contribution in [2.24, 2.45) is 0 Å². The summed E-state index contributed by atoms with van der Waals surface area (Å²) in [6, 6.07) is 2.26. The summed E-state index contributed by atoms with van der Waals surface area (Å²) in [5.41, 5.74) is 0.0747. The van der Waals surface area contributed by atoms with E-state index in [0.717, 1.165) is 6.42 Å². The van der Waals surface area contributed by atoms with Crippen molar-refractivity contribution in [1.82, 2.24) is 15.6 Å². The van der Waals surface area contributed by atoms with Crippen LogP contribution in [0.2, 0.25) is 5.15 Å². The predicted molar refractivity (Wildman–Crippen MR) is 80.4 cm³/mol. The number of hydrogen-bond donors (Lipinski definition) is 2. The Morgan fingerprint density at radius 1 is 1.41 bits per heavy atom. The number of hydrogen-bond acceptors (Lipinski definition) is 5. The first-order chi connectivity index (χ1) is 10.5. The van der Waals surface area contributed by atoms with Crippen LogP contribution in [0.15, 0.2) is 18.3 Å². The molecule has 1 aromatic rings. The molecule has 0 aliphatic rings. The van der Waals surface area contributed by atoms with Crippen molar-refractivity contribution in [3.63, 3.8) is 0 Å². The third kappa shape index (κ3) is 5.69. The van der Waals surface area contributed by atoms with Crippen LogP contribution in [0.4, 0.5) is 0 Å². The normalized spacial score (nSPS) is 11.4. The number of halogens is 1. The third-order valence-corrected chi connectivity index (χ3v) is 2.93. The zero-order chi connectivity index (χ0) is 16.5. The van der Waals surface area contributed by atoms with Gasteiger partial charge in [-0.15, -0.1) is 0 Å². The molecule has 0 radical (unpaired) electrons. The molecule has 0 bridgehead atoms. The highest BCUT2D eigenvalue weighted by Gasteiger charge is 2.17. The van der Waals surface area contributed by atoms with Gasteiger partial charge in [0.05, 0.1) is 5.56 Å². The summed E-state index contributed by atoms with van der Waals surface area (Å²) >= 11 is 5.74. The summed E-state index contributed by atoms with van der Waals surface area (Å²) in [4.78, 5) is 38.7. The number of aromatic nitrogens is 1. The minimum absolute atomic E-state index is 0.000203. The Morgan fingerprint density at radius 3 is 2.77 bits per heavy atom. The topological polar surface area (TPSA) is 97.4 Å². The average molecular weight is 328 g/mol. The molecule has 22 heavy (non-hydrogen) atoms. The number of nitrogens with zero attached hydrogens (tertiary/aromatic N) is 1. The SMILES string of the molecule is CCCNC(=O)[C@H](C)NC(=O)COC(=O)c1cccnc1Cl. The second kappa shape index (κ2) is 8.99. The standard InChI is InChI=1S/C14H18ClN3O4/c1-3-6-17-13(20)9(2)18-11(19)8-22-14(21)10-5-4-7-16-12(10)15/h4-5,7,9H,3,6,8H2,1-2H3,(H,17,20)(H,18,19)/t9-/m0/s1. The van der Waals surface area contributed by atoms with Gasteiger partial charge in [-0.2, -0.15) is 0 Å². The molecule has 0 saturated heterocycles. The van der Waals surface area contributed by atoms with E-state index in [-0.39, 0.29) is 16.6 Å². The Bertz CT molecular complexity index is 551. The van der Waals surface area contributed by atoms with Crippen LogP contribution in [0.25, 0.3) is 0 Å². The first-order valence-corrected chi connectivity index (χ1v) is 7.18. The van der Waals surface area contributed by atoms with E-state index in [0.29, 0.717) is 6.54 Å². The molecular weight excluding hydrogens is 310 g/mol. The van der Waals surface area contributed by atoms with Gasteiger partial charge in [-0.25, -0.2) is 9.78 Å². The Hall–Kier alpha value is -2.15. The molecule has 8 heteroatoms. The smallest absolute Gasteiger partial charge is 0.341 e. The molecular formula is C14H18ClN3O4. The van der Waals surface area contributed by atoms with Gasteiger partial charge in [-0.1, -0.05) is 18.5 Å². The highest BCUT2D eigenvalue weighted by Crippen LogP contribution is 2.12. The molecule has 2 amide bonds. The van der Waals surface area contributed by atoms with Gasteiger partial charge in [0.15, 0.2) is 6.61 Å². The van der Waals surface area contributed by atoms with Crippen LogP contribution in [0.1, 0.15) is 30.6 Å². The van der Waals surface area contributed by atoms with E-state index >= 15 is 0 Å². The number of nitrogens with one attached hydrogen (secondary N) is 2. The van der Waals surface area contributed by atoms with Crippen LogP contribution in [-0.2, 0) is 14.3 Å². The minimum Gasteiger partial charge on any atom is -0.452 e. The van der Waals surface area contributed by atoms with E-state index in [1.807, 2.05) is 6.92 Å². The maximum Gasteiger partial charge on any atom is 0.341 e. The highest BCUT2D eigenvalue weighted by molar-refractivity contribution is 6.32. The number of amides is 2. The second-order valence-corrected chi connectivity index (χ2v) is 4.86. The third-order valence-electron chi connectivity index (χ3n) is 2.63. The summed E-state index contributed by atoms with van der Waals surface area (Å²) in [6.07, 6.45) is 2.23. The number of ether oxygens (including phenoxy) is 1. The van der Waals surface area contributed by atoms with Crippen molar-refractivity contribution in [2.75, 3.05) is 13.2 Å². The Kier molecular flexibility index (Phi) is 7.31. The molecule has 1 aromatic heterocycles. The van der Waals surface area contributed by atoms with Gasteiger partial charge in [0.25, 0.3) is 5.91 Å². The van der Waals surface area contributed by atoms with Crippen molar-refractivity contribution in [3.8, 4) is 0 Å². The summed E-state index contributed by atoms with van der Waals surface area (Å²) in [6.45, 7) is 3.50. The molecule has 1 heterocycles. The zero-order valence-corrected chi connectivity index (χ0v) is 13.1. The molecule has 0 unspecified atom stereocenters. The van der Waals surface area contributed by atoms with E-state index < -0.39 is 24.5 Å². The molecule has 0 spiro atoms. The summed E-state index contributed by atoms with van der Waals surface area (Å²) in [5.74, 6) is -1.62. The minimum atomic E-state index is -0.753. The molecule has 1 rings (SSSR count). The van der Waals surface area contributed by atoms with Crippen LogP contribution in [-0.4, -0.2) is 42.0 Å². The number of esters is 1. The molecule has 0 aliphatic carbocycles. The molecule has 0 aliphatic heterocycles. The Labute approximate surface area is 133 Å². The van der Waals surface area contributed by atoms with E-state index in [9.17, 15) is 14.4 Å². The average Bonchev–Trinajstić information content (AvgIpc) is 2.50. The van der Waals surface area contributed by atoms with Crippen LogP contribution >= 0.6 is 11.6 Å². The van der Waals surface area contributed by atoms with E-state index in [1.165, 1.54) is 18.3 Å². The summed E-state index contributed by atoms with van der Waals surface area (Å²) < 4.78 is 4.83. The number of carbonyl (C=O) groups is 3. The molecule has 0 aromatic carbocycles. The Balaban J connectivity index is 2.41. The fourth-order valence-corrected chi connectivity index (χ4v) is 1.69. The molecule has 2 N–H and O–H groups in total. The molecule has 7 nitrogen and oxygen atoms in total. The van der Waals surface area contributed by atoms with Crippen molar-refractivity contribution in [3.05, 3.63) is 29.0 Å². The molecule has 0 saturated carbocycles. The summed E-state index contributed by atoms with van der Waals surface area (Å²) in [5, 5.41) is 5.08. The maximum atomic E-state index is 11.7. The molecule has 0 fully saturated rings. The molecule has 120 valence electrons. The van der Waals surface area contributed by atoms with Crippen molar-refractivity contribution in [2.45, 2.75) is 26.3 Å². The van der Waals surface area contributed by atoms with Crippen LogP contribution in [0.5, 0.6) is 0 Å². The maximum absolute atomic E-state index is 11.7. The van der Waals surface area contributed by atoms with Gasteiger partial charge in [-0.05, 0) is 25.5 Å². The lowest BCUT2D eigenvalue weighted by molar-refractivity contribution is -0.130. The van der Waals surface area contributed by atoms with Crippen LogP contribution in [0, 0.1) is 0 Å². The van der Waals surface area contributed by atoms with Gasteiger partial charge in [-0.3, -0.25) is 9.59 Å². The predicted octanol–water partition coefficient (Wildman–Crippen LogP) is 0.923. The van der Waals surface area contributed by atoms with Gasteiger partial charge in [0.1, 0.15) is 11.2 Å². The monoisotopic (exact) mass is 327 g/mol. The van der Waals surface area contributed by atoms with Gasteiger partial charge in [0, 0.05) is 12.7 Å². The number of carbonyl (C=O) groups excluding carboxylic acids is 3. The quantitative estimate of drug-likeness (QED) is 0.573. The zero-order valence-electron chi connectivity index (χ0n) is 12.4. The summed E-state index contributed by atoms with van der Waals surface area (Å²) in [7, 11) is 0. The van der Waals surface area contributed by atoms with Crippen molar-refractivity contribution in [1.29, 1.82) is 0 Å². The highest BCUT2D eigenvalue weighted by atomic mass is 35.5. The van der Waals surface area contributed by atoms with Gasteiger partial charge in [0.2, 0.25) is 5.91 Å². The number of pyridine rings is 1. The number of rotatable bonds is 7. The van der Waals surface area contributed by atoms with Crippen LogP contribution < -0.4 is 10.6 Å². The lowest BCUT2D eigenvalue weighted by Crippen LogP contribution is -2.46.